The second-order valence-corrected chi connectivity index (χ2v) is 2.70. The van der Waals surface area contributed by atoms with E-state index < -0.39 is 0 Å². The van der Waals surface area contributed by atoms with E-state index in [-0.39, 0.29) is 19.6 Å². The first-order chi connectivity index (χ1) is 4.61. The molecule has 1 saturated heterocycles. The first kappa shape index (κ1) is 8.05. The van der Waals surface area contributed by atoms with Crippen LogP contribution in [0.3, 0.4) is 0 Å². The zero-order chi connectivity index (χ0) is 7.72. The Balaban J connectivity index is 2.49. The van der Waals surface area contributed by atoms with Crippen molar-refractivity contribution in [3.05, 3.63) is 0 Å². The molecule has 0 amide bonds. The molecule has 0 saturated carbocycles. The molecule has 3 nitrogen and oxygen atoms in total. The van der Waals surface area contributed by atoms with E-state index in [0.717, 1.165) is 0 Å². The maximum Gasteiger partial charge on any atom is 0.455 e. The molecule has 0 spiro atoms. The summed E-state index contributed by atoms with van der Waals surface area (Å²) < 4.78 is 10.7. The van der Waals surface area contributed by atoms with E-state index in [9.17, 15) is 0 Å². The molecule has 0 radical (unpaired) electrons. The topological polar surface area (TPSA) is 21.7 Å². The van der Waals surface area contributed by atoms with E-state index >= 15 is 0 Å². The molecule has 58 valence electrons. The number of hydrogen-bond acceptors (Lipinski definition) is 3. The molecular formula is C6H14BNO2. The van der Waals surface area contributed by atoms with Crippen LogP contribution in [0.5, 0.6) is 0 Å². The highest BCUT2D eigenvalue weighted by Crippen LogP contribution is 2.13. The summed E-state index contributed by atoms with van der Waals surface area (Å²) in [7, 11) is 1.92. The van der Waals surface area contributed by atoms with E-state index in [1.807, 2.05) is 32.6 Å². The van der Waals surface area contributed by atoms with Gasteiger partial charge in [0.2, 0.25) is 0 Å². The summed E-state index contributed by atoms with van der Waals surface area (Å²) >= 11 is 0. The van der Waals surface area contributed by atoms with Gasteiger partial charge in [-0.25, -0.2) is 0 Å². The Morgan fingerprint density at radius 3 is 2.00 bits per heavy atom. The lowest BCUT2D eigenvalue weighted by Gasteiger charge is -2.38. The largest absolute Gasteiger partial charge is 0.455 e. The molecule has 0 N–H and O–H groups in total. The molecule has 1 fully saturated rings. The highest BCUT2D eigenvalue weighted by Gasteiger charge is 2.29. The third-order valence-electron chi connectivity index (χ3n) is 1.92. The molecule has 0 aliphatic carbocycles. The van der Waals surface area contributed by atoms with Crippen LogP contribution >= 0.6 is 0 Å². The van der Waals surface area contributed by atoms with Crippen LogP contribution in [-0.4, -0.2) is 31.5 Å². The van der Waals surface area contributed by atoms with Crippen molar-refractivity contribution in [3.63, 3.8) is 0 Å². The van der Waals surface area contributed by atoms with Crippen LogP contribution in [0, 0.1) is 0 Å². The van der Waals surface area contributed by atoms with Crippen LogP contribution in [0.2, 0.25) is 6.82 Å². The minimum Gasteiger partial charge on any atom is -0.395 e. The van der Waals surface area contributed by atoms with Gasteiger partial charge in [0.1, 0.15) is 0 Å². The lowest BCUT2D eigenvalue weighted by Crippen LogP contribution is -2.50. The number of hydrogen-bond donors (Lipinski definition) is 0. The third-order valence-corrected chi connectivity index (χ3v) is 1.92. The summed E-state index contributed by atoms with van der Waals surface area (Å²) in [6.07, 6.45) is 0.331. The summed E-state index contributed by atoms with van der Waals surface area (Å²) in [5, 5.41) is 0. The zero-order valence-corrected chi connectivity index (χ0v) is 7.00. The van der Waals surface area contributed by atoms with Gasteiger partial charge in [-0.2, -0.15) is 0 Å². The fraction of sp³-hybridized carbons (Fsp3) is 1.00. The molecule has 0 bridgehead atoms. The second kappa shape index (κ2) is 2.90. The zero-order valence-electron chi connectivity index (χ0n) is 7.00. The van der Waals surface area contributed by atoms with Gasteiger partial charge in [-0.15, -0.1) is 0 Å². The monoisotopic (exact) mass is 143 g/mol. The molecule has 0 aromatic rings. The van der Waals surface area contributed by atoms with E-state index in [4.69, 9.17) is 9.31 Å². The van der Waals surface area contributed by atoms with E-state index in [0.29, 0.717) is 0 Å². The van der Waals surface area contributed by atoms with Crippen molar-refractivity contribution in [1.82, 2.24) is 4.90 Å². The normalized spacial score (nSPS) is 36.6. The minimum atomic E-state index is -0.0683. The van der Waals surface area contributed by atoms with Gasteiger partial charge >= 0.3 is 7.12 Å². The van der Waals surface area contributed by atoms with Crippen molar-refractivity contribution >= 4 is 7.12 Å². The van der Waals surface area contributed by atoms with E-state index in [1.54, 1.807) is 0 Å². The predicted octanol–water partition coefficient (Wildman–Crippen LogP) is 0.775. The van der Waals surface area contributed by atoms with Crippen molar-refractivity contribution in [2.45, 2.75) is 33.1 Å². The summed E-state index contributed by atoms with van der Waals surface area (Å²) in [5.41, 5.74) is 0. The van der Waals surface area contributed by atoms with E-state index in [1.165, 1.54) is 0 Å². The first-order valence-corrected chi connectivity index (χ1v) is 3.64. The highest BCUT2D eigenvalue weighted by atomic mass is 16.6. The van der Waals surface area contributed by atoms with Crippen molar-refractivity contribution in [1.29, 1.82) is 0 Å². The van der Waals surface area contributed by atoms with Crippen molar-refractivity contribution in [3.8, 4) is 0 Å². The molecule has 1 heterocycles. The predicted molar refractivity (Wildman–Crippen MR) is 40.5 cm³/mol. The third kappa shape index (κ3) is 1.51. The quantitative estimate of drug-likeness (QED) is 0.467. The van der Waals surface area contributed by atoms with Gasteiger partial charge in [0, 0.05) is 0 Å². The Morgan fingerprint density at radius 1 is 1.20 bits per heavy atom. The Hall–Kier alpha value is -0.0551. The van der Waals surface area contributed by atoms with E-state index in [2.05, 4.69) is 0 Å². The SMILES string of the molecule is CB1OC(C)N(C)C(C)O1. The van der Waals surface area contributed by atoms with Gasteiger partial charge in [0.25, 0.3) is 0 Å². The van der Waals surface area contributed by atoms with Gasteiger partial charge in [0.05, 0.1) is 12.5 Å². The Labute approximate surface area is 62.4 Å². The molecule has 0 aromatic carbocycles. The lowest BCUT2D eigenvalue weighted by molar-refractivity contribution is -0.107. The molecule has 0 aromatic heterocycles. The molecule has 1 aliphatic rings. The molecular weight excluding hydrogens is 129 g/mol. The summed E-state index contributed by atoms with van der Waals surface area (Å²) in [6, 6.07) is 0. The van der Waals surface area contributed by atoms with Crippen LogP contribution in [0.25, 0.3) is 0 Å². The molecule has 1 rings (SSSR count). The van der Waals surface area contributed by atoms with Gasteiger partial charge in [-0.1, -0.05) is 0 Å². The fourth-order valence-corrected chi connectivity index (χ4v) is 1.07. The summed E-state index contributed by atoms with van der Waals surface area (Å²) in [4.78, 5) is 2.04. The lowest BCUT2D eigenvalue weighted by atomic mass is 9.94. The van der Waals surface area contributed by atoms with Crippen LogP contribution in [0.15, 0.2) is 0 Å². The molecule has 10 heavy (non-hydrogen) atoms. The average molecular weight is 143 g/mol. The second-order valence-electron chi connectivity index (χ2n) is 2.70. The Morgan fingerprint density at radius 2 is 1.60 bits per heavy atom. The molecule has 2 atom stereocenters. The van der Waals surface area contributed by atoms with Gasteiger partial charge in [-0.3, -0.25) is 4.90 Å². The Bertz CT molecular complexity index is 110. The molecule has 2 unspecified atom stereocenters. The Kier molecular flexibility index (Phi) is 2.34. The fourth-order valence-electron chi connectivity index (χ4n) is 1.07. The van der Waals surface area contributed by atoms with Gasteiger partial charge < -0.3 is 9.31 Å². The number of nitrogens with zero attached hydrogens (tertiary/aromatic N) is 1. The maximum absolute atomic E-state index is 5.37. The van der Waals surface area contributed by atoms with Crippen molar-refractivity contribution < 1.29 is 9.31 Å². The van der Waals surface area contributed by atoms with Crippen LogP contribution in [0.1, 0.15) is 13.8 Å². The molecule has 4 heteroatoms. The van der Waals surface area contributed by atoms with Crippen LogP contribution in [-0.2, 0) is 9.31 Å². The minimum absolute atomic E-state index is 0.0683. The standard InChI is InChI=1S/C6H14BNO2/c1-5-8(4)6(2)10-7(3)9-5/h5-6H,1-4H3. The summed E-state index contributed by atoms with van der Waals surface area (Å²) in [6.45, 7) is 5.96. The number of rotatable bonds is 0. The van der Waals surface area contributed by atoms with Crippen LogP contribution in [0.4, 0.5) is 0 Å². The van der Waals surface area contributed by atoms with Gasteiger partial charge in [0.15, 0.2) is 0 Å². The highest BCUT2D eigenvalue weighted by molar-refractivity contribution is 6.42. The molecule has 1 aliphatic heterocycles. The first-order valence-electron chi connectivity index (χ1n) is 3.64. The summed E-state index contributed by atoms with van der Waals surface area (Å²) in [5.74, 6) is 0. The van der Waals surface area contributed by atoms with Crippen molar-refractivity contribution in [2.24, 2.45) is 0 Å². The van der Waals surface area contributed by atoms with Crippen molar-refractivity contribution in [2.75, 3.05) is 7.05 Å². The smallest absolute Gasteiger partial charge is 0.395 e. The maximum atomic E-state index is 5.37. The average Bonchev–Trinajstić information content (AvgIpc) is 1.82. The van der Waals surface area contributed by atoms with Crippen LogP contribution < -0.4 is 0 Å². The van der Waals surface area contributed by atoms with Gasteiger partial charge in [-0.05, 0) is 27.7 Å².